The van der Waals surface area contributed by atoms with Crippen molar-refractivity contribution in [1.29, 1.82) is 0 Å². The van der Waals surface area contributed by atoms with Crippen LogP contribution in [0.3, 0.4) is 0 Å². The minimum Gasteiger partial charge on any atom is -0.495 e. The van der Waals surface area contributed by atoms with Gasteiger partial charge in [0.1, 0.15) is 5.75 Å². The lowest BCUT2D eigenvalue weighted by Gasteiger charge is -2.37. The Kier molecular flexibility index (Phi) is 4.12. The van der Waals surface area contributed by atoms with E-state index < -0.39 is 0 Å². The Morgan fingerprint density at radius 1 is 1.00 bits per heavy atom. The lowest BCUT2D eigenvalue weighted by molar-refractivity contribution is 0.299. The number of benzene rings is 1. The van der Waals surface area contributed by atoms with Gasteiger partial charge in [0.05, 0.1) is 12.1 Å². The molecule has 1 aromatic rings. The lowest BCUT2D eigenvalue weighted by Crippen LogP contribution is -2.40. The summed E-state index contributed by atoms with van der Waals surface area (Å²) in [5.74, 6) is 0.792. The van der Waals surface area contributed by atoms with Gasteiger partial charge in [-0.25, -0.2) is 0 Å². The van der Waals surface area contributed by atoms with Crippen LogP contribution in [0.1, 0.15) is 54.4 Å². The molecule has 0 aliphatic heterocycles. The maximum atomic E-state index is 6.71. The van der Waals surface area contributed by atoms with E-state index in [2.05, 4.69) is 20.8 Å². The van der Waals surface area contributed by atoms with Gasteiger partial charge < -0.3 is 10.5 Å². The van der Waals surface area contributed by atoms with Gasteiger partial charge in [0, 0.05) is 5.54 Å². The third kappa shape index (κ3) is 2.36. The van der Waals surface area contributed by atoms with Gasteiger partial charge in [0.15, 0.2) is 0 Å². The Balaban J connectivity index is 2.64. The average Bonchev–Trinajstić information content (AvgIpc) is 2.38. The highest BCUT2D eigenvalue weighted by Gasteiger charge is 2.34. The number of hydrogen-bond acceptors (Lipinski definition) is 2. The number of ether oxygens (including phenoxy) is 1. The van der Waals surface area contributed by atoms with E-state index in [1.165, 1.54) is 30.4 Å². The third-order valence-electron chi connectivity index (χ3n) is 4.63. The molecule has 2 rings (SSSR count). The number of rotatable bonds is 2. The molecule has 0 bridgehead atoms. The molecular weight excluding hydrogens is 258 g/mol. The molecule has 0 amide bonds. The maximum Gasteiger partial charge on any atom is 0.140 e. The first-order valence-corrected chi connectivity index (χ1v) is 7.43. The fourth-order valence-corrected chi connectivity index (χ4v) is 3.82. The van der Waals surface area contributed by atoms with E-state index in [0.717, 1.165) is 34.7 Å². The first-order valence-electron chi connectivity index (χ1n) is 7.05. The number of methoxy groups -OCH3 is 1. The molecule has 0 heterocycles. The van der Waals surface area contributed by atoms with Crippen LogP contribution in [-0.4, -0.2) is 7.11 Å². The lowest BCUT2D eigenvalue weighted by atomic mass is 9.73. The van der Waals surface area contributed by atoms with E-state index in [1.54, 1.807) is 7.11 Å². The van der Waals surface area contributed by atoms with Crippen molar-refractivity contribution in [2.24, 2.45) is 5.73 Å². The minimum atomic E-state index is -0.215. The minimum absolute atomic E-state index is 0.215. The quantitative estimate of drug-likeness (QED) is 0.872. The van der Waals surface area contributed by atoms with Crippen molar-refractivity contribution in [2.45, 2.75) is 58.4 Å². The summed E-state index contributed by atoms with van der Waals surface area (Å²) in [4.78, 5) is 0. The van der Waals surface area contributed by atoms with Crippen molar-refractivity contribution in [3.05, 3.63) is 27.3 Å². The molecule has 3 heteroatoms. The van der Waals surface area contributed by atoms with Gasteiger partial charge in [0.25, 0.3) is 0 Å². The number of nitrogens with two attached hydrogens (primary N) is 1. The summed E-state index contributed by atoms with van der Waals surface area (Å²) in [6.45, 7) is 6.27. The van der Waals surface area contributed by atoms with Gasteiger partial charge in [-0.05, 0) is 55.9 Å². The smallest absolute Gasteiger partial charge is 0.140 e. The van der Waals surface area contributed by atoms with E-state index in [1.807, 2.05) is 0 Å². The zero-order valence-corrected chi connectivity index (χ0v) is 13.2. The van der Waals surface area contributed by atoms with Crippen LogP contribution < -0.4 is 10.5 Å². The Labute approximate surface area is 121 Å². The van der Waals surface area contributed by atoms with Crippen LogP contribution in [0.15, 0.2) is 0 Å². The third-order valence-corrected chi connectivity index (χ3v) is 5.08. The van der Waals surface area contributed by atoms with Crippen LogP contribution in [0.25, 0.3) is 0 Å². The topological polar surface area (TPSA) is 35.2 Å². The second kappa shape index (κ2) is 5.34. The molecule has 2 N–H and O–H groups in total. The van der Waals surface area contributed by atoms with Crippen molar-refractivity contribution in [3.8, 4) is 5.75 Å². The highest BCUT2D eigenvalue weighted by Crippen LogP contribution is 2.44. The van der Waals surface area contributed by atoms with Crippen LogP contribution in [0.5, 0.6) is 5.75 Å². The van der Waals surface area contributed by atoms with E-state index in [0.29, 0.717) is 0 Å². The second-order valence-corrected chi connectivity index (χ2v) is 6.19. The molecular formula is C16H24ClNO. The predicted molar refractivity (Wildman–Crippen MR) is 81.2 cm³/mol. The summed E-state index contributed by atoms with van der Waals surface area (Å²) in [7, 11) is 1.67. The van der Waals surface area contributed by atoms with Crippen molar-refractivity contribution in [1.82, 2.24) is 0 Å². The molecule has 0 atom stereocenters. The number of hydrogen-bond donors (Lipinski definition) is 1. The summed E-state index contributed by atoms with van der Waals surface area (Å²) in [5, 5.41) is 0.719. The van der Waals surface area contributed by atoms with E-state index in [4.69, 9.17) is 22.1 Å². The summed E-state index contributed by atoms with van der Waals surface area (Å²) < 4.78 is 5.44. The molecule has 1 aliphatic rings. The van der Waals surface area contributed by atoms with Gasteiger partial charge in [-0.15, -0.1) is 0 Å². The average molecular weight is 282 g/mol. The molecule has 0 saturated heterocycles. The molecule has 106 valence electrons. The van der Waals surface area contributed by atoms with Crippen molar-refractivity contribution in [2.75, 3.05) is 7.11 Å². The zero-order valence-electron chi connectivity index (χ0n) is 12.4. The molecule has 1 fully saturated rings. The van der Waals surface area contributed by atoms with E-state index >= 15 is 0 Å². The highest BCUT2D eigenvalue weighted by molar-refractivity contribution is 6.33. The van der Waals surface area contributed by atoms with Crippen LogP contribution in [0.4, 0.5) is 0 Å². The standard InChI is InChI=1S/C16H24ClNO/c1-10-11(2)15(19-4)14(17)12(3)13(10)16(18)8-6-5-7-9-16/h5-9,18H2,1-4H3. The Hall–Kier alpha value is -0.730. The van der Waals surface area contributed by atoms with Crippen molar-refractivity contribution < 1.29 is 4.74 Å². The molecule has 19 heavy (non-hydrogen) atoms. The predicted octanol–water partition coefficient (Wildman–Crippen LogP) is 4.39. The highest BCUT2D eigenvalue weighted by atomic mass is 35.5. The van der Waals surface area contributed by atoms with Gasteiger partial charge in [-0.1, -0.05) is 30.9 Å². The Morgan fingerprint density at radius 2 is 1.58 bits per heavy atom. The second-order valence-electron chi connectivity index (χ2n) is 5.81. The van der Waals surface area contributed by atoms with Crippen LogP contribution >= 0.6 is 11.6 Å². The largest absolute Gasteiger partial charge is 0.495 e. The van der Waals surface area contributed by atoms with Crippen molar-refractivity contribution >= 4 is 11.6 Å². The Bertz CT molecular complexity index is 461. The molecule has 0 spiro atoms. The summed E-state index contributed by atoms with van der Waals surface area (Å²) in [5.41, 5.74) is 11.2. The summed E-state index contributed by atoms with van der Waals surface area (Å²) in [6.07, 6.45) is 5.81. The van der Waals surface area contributed by atoms with Crippen LogP contribution in [0, 0.1) is 20.8 Å². The van der Waals surface area contributed by atoms with Crippen LogP contribution in [-0.2, 0) is 5.54 Å². The zero-order chi connectivity index (χ0) is 14.2. The first kappa shape index (κ1) is 14.7. The van der Waals surface area contributed by atoms with E-state index in [9.17, 15) is 0 Å². The van der Waals surface area contributed by atoms with Crippen molar-refractivity contribution in [3.63, 3.8) is 0 Å². The first-order chi connectivity index (χ1) is 8.92. The van der Waals surface area contributed by atoms with Gasteiger partial charge in [-0.2, -0.15) is 0 Å². The van der Waals surface area contributed by atoms with E-state index in [-0.39, 0.29) is 5.54 Å². The molecule has 0 unspecified atom stereocenters. The molecule has 1 aliphatic carbocycles. The fourth-order valence-electron chi connectivity index (χ4n) is 3.51. The van der Waals surface area contributed by atoms with Gasteiger partial charge in [0.2, 0.25) is 0 Å². The molecule has 1 saturated carbocycles. The summed E-state index contributed by atoms with van der Waals surface area (Å²) in [6, 6.07) is 0. The molecule has 0 aromatic heterocycles. The monoisotopic (exact) mass is 281 g/mol. The van der Waals surface area contributed by atoms with Crippen LogP contribution in [0.2, 0.25) is 5.02 Å². The normalized spacial score (nSPS) is 18.4. The Morgan fingerprint density at radius 3 is 2.11 bits per heavy atom. The van der Waals surface area contributed by atoms with Gasteiger partial charge in [-0.3, -0.25) is 0 Å². The maximum absolute atomic E-state index is 6.71. The van der Waals surface area contributed by atoms with Gasteiger partial charge >= 0.3 is 0 Å². The summed E-state index contributed by atoms with van der Waals surface area (Å²) >= 11 is 6.48. The number of halogens is 1. The SMILES string of the molecule is COc1c(C)c(C)c(C2(N)CCCCC2)c(C)c1Cl. The fraction of sp³-hybridized carbons (Fsp3) is 0.625. The molecule has 1 aromatic carbocycles. The molecule has 0 radical (unpaired) electrons. The molecule has 2 nitrogen and oxygen atoms in total.